The number of nitrogens with zero attached hydrogens (tertiary/aromatic N) is 2. The first-order valence-electron chi connectivity index (χ1n) is 14.3. The average molecular weight is 563 g/mol. The van der Waals surface area contributed by atoms with Gasteiger partial charge < -0.3 is 14.2 Å². The Morgan fingerprint density at radius 1 is 0.857 bits per heavy atom. The van der Waals surface area contributed by atoms with Crippen LogP contribution in [0.2, 0.25) is 0 Å². The van der Waals surface area contributed by atoms with E-state index in [1.165, 1.54) is 28.5 Å². The number of carbonyl (C=O) groups excluding carboxylic acids is 1. The normalized spacial score (nSPS) is 10.9. The molecule has 4 rings (SSSR count). The van der Waals surface area contributed by atoms with Gasteiger partial charge in [0, 0.05) is 24.0 Å². The standard InChI is InChI=1S/C36H38N2O4/c1-6-9-29-15-32(20-39)36(41-21-28-14-27(17-37)18-38-19-28)16-35(29)42-23-31-11-8-13-34(26(31)5)33-12-7-10-30(25(33)4)22-40-24(2)3/h7-8,10-16,18-20,24H,6,9,21-23H2,1-5H3. The van der Waals surface area contributed by atoms with E-state index in [-0.39, 0.29) is 12.7 Å². The van der Waals surface area contributed by atoms with Gasteiger partial charge in [0.2, 0.25) is 0 Å². The Labute approximate surface area is 248 Å². The van der Waals surface area contributed by atoms with Crippen molar-refractivity contribution < 1.29 is 19.0 Å². The second-order valence-electron chi connectivity index (χ2n) is 10.7. The maximum absolute atomic E-state index is 11.9. The van der Waals surface area contributed by atoms with Crippen LogP contribution in [0.15, 0.2) is 67.0 Å². The van der Waals surface area contributed by atoms with E-state index in [2.05, 4.69) is 68.2 Å². The summed E-state index contributed by atoms with van der Waals surface area (Å²) < 4.78 is 18.3. The van der Waals surface area contributed by atoms with Gasteiger partial charge in [-0.1, -0.05) is 49.7 Å². The fourth-order valence-corrected chi connectivity index (χ4v) is 4.91. The molecule has 42 heavy (non-hydrogen) atoms. The number of hydrogen-bond acceptors (Lipinski definition) is 6. The van der Waals surface area contributed by atoms with Crippen molar-refractivity contribution in [3.63, 3.8) is 0 Å². The highest BCUT2D eigenvalue weighted by Gasteiger charge is 2.15. The molecule has 0 aliphatic heterocycles. The number of aryl methyl sites for hydroxylation is 1. The molecule has 0 fully saturated rings. The third kappa shape index (κ3) is 7.43. The van der Waals surface area contributed by atoms with E-state index in [0.717, 1.165) is 41.4 Å². The van der Waals surface area contributed by atoms with Gasteiger partial charge in [-0.25, -0.2) is 0 Å². The molecule has 0 unspecified atom stereocenters. The molecule has 0 amide bonds. The highest BCUT2D eigenvalue weighted by Crippen LogP contribution is 2.33. The molecule has 0 atom stereocenters. The molecule has 0 spiro atoms. The average Bonchev–Trinajstić information content (AvgIpc) is 3.00. The number of pyridine rings is 1. The van der Waals surface area contributed by atoms with Gasteiger partial charge in [0.1, 0.15) is 30.8 Å². The van der Waals surface area contributed by atoms with Crippen LogP contribution in [-0.2, 0) is 31.0 Å². The third-order valence-electron chi connectivity index (χ3n) is 7.30. The smallest absolute Gasteiger partial charge is 0.153 e. The van der Waals surface area contributed by atoms with Gasteiger partial charge in [-0.2, -0.15) is 5.26 Å². The maximum atomic E-state index is 11.9. The Kier molecular flexibility index (Phi) is 10.5. The van der Waals surface area contributed by atoms with Gasteiger partial charge in [0.15, 0.2) is 6.29 Å². The molecule has 4 aromatic rings. The molecular formula is C36H38N2O4. The van der Waals surface area contributed by atoms with Crippen molar-refractivity contribution in [2.75, 3.05) is 0 Å². The summed E-state index contributed by atoms with van der Waals surface area (Å²) in [5.41, 5.74) is 9.62. The van der Waals surface area contributed by atoms with Crippen LogP contribution in [0.5, 0.6) is 11.5 Å². The van der Waals surface area contributed by atoms with Gasteiger partial charge in [0.05, 0.1) is 23.8 Å². The fraction of sp³-hybridized carbons (Fsp3) is 0.306. The number of ether oxygens (including phenoxy) is 3. The van der Waals surface area contributed by atoms with E-state index in [0.29, 0.717) is 35.8 Å². The summed E-state index contributed by atoms with van der Waals surface area (Å²) in [5, 5.41) is 9.17. The van der Waals surface area contributed by atoms with Crippen LogP contribution in [0.25, 0.3) is 11.1 Å². The quantitative estimate of drug-likeness (QED) is 0.153. The lowest BCUT2D eigenvalue weighted by molar-refractivity contribution is 0.0654. The second-order valence-corrected chi connectivity index (χ2v) is 10.7. The zero-order chi connectivity index (χ0) is 30.1. The second kappa shape index (κ2) is 14.4. The molecule has 0 aliphatic rings. The van der Waals surface area contributed by atoms with E-state index in [4.69, 9.17) is 19.5 Å². The maximum Gasteiger partial charge on any atom is 0.153 e. The minimum Gasteiger partial charge on any atom is -0.488 e. The van der Waals surface area contributed by atoms with Gasteiger partial charge in [-0.05, 0) is 85.2 Å². The summed E-state index contributed by atoms with van der Waals surface area (Å²) in [6, 6.07) is 20.1. The summed E-state index contributed by atoms with van der Waals surface area (Å²) in [4.78, 5) is 16.0. The molecule has 0 N–H and O–H groups in total. The zero-order valence-corrected chi connectivity index (χ0v) is 25.1. The molecule has 0 saturated heterocycles. The van der Waals surface area contributed by atoms with Crippen molar-refractivity contribution >= 4 is 6.29 Å². The van der Waals surface area contributed by atoms with Crippen molar-refractivity contribution in [1.29, 1.82) is 5.26 Å². The van der Waals surface area contributed by atoms with Gasteiger partial charge in [0.25, 0.3) is 0 Å². The number of benzene rings is 3. The summed E-state index contributed by atoms with van der Waals surface area (Å²) in [5.74, 6) is 1.12. The molecule has 0 radical (unpaired) electrons. The molecule has 0 saturated carbocycles. The van der Waals surface area contributed by atoms with E-state index in [1.807, 2.05) is 19.9 Å². The molecule has 6 heteroatoms. The highest BCUT2D eigenvalue weighted by atomic mass is 16.5. The molecule has 1 heterocycles. The van der Waals surface area contributed by atoms with Crippen LogP contribution in [0.1, 0.15) is 76.5 Å². The van der Waals surface area contributed by atoms with Crippen LogP contribution in [0.3, 0.4) is 0 Å². The van der Waals surface area contributed by atoms with Crippen molar-refractivity contribution in [2.45, 2.75) is 73.4 Å². The van der Waals surface area contributed by atoms with Crippen molar-refractivity contribution in [1.82, 2.24) is 4.98 Å². The topological polar surface area (TPSA) is 81.4 Å². The van der Waals surface area contributed by atoms with Crippen LogP contribution >= 0.6 is 0 Å². The number of hydrogen-bond donors (Lipinski definition) is 0. The van der Waals surface area contributed by atoms with Crippen LogP contribution in [-0.4, -0.2) is 17.4 Å². The summed E-state index contributed by atoms with van der Waals surface area (Å²) in [7, 11) is 0. The molecule has 0 bridgehead atoms. The molecule has 3 aromatic carbocycles. The minimum absolute atomic E-state index is 0.172. The van der Waals surface area contributed by atoms with Gasteiger partial charge >= 0.3 is 0 Å². The molecule has 1 aromatic heterocycles. The molecule has 216 valence electrons. The summed E-state index contributed by atoms with van der Waals surface area (Å²) in [6.45, 7) is 11.6. The Balaban J connectivity index is 1.59. The summed E-state index contributed by atoms with van der Waals surface area (Å²) >= 11 is 0. The summed E-state index contributed by atoms with van der Waals surface area (Å²) in [6.07, 6.45) is 5.81. The van der Waals surface area contributed by atoms with E-state index < -0.39 is 0 Å². The lowest BCUT2D eigenvalue weighted by Gasteiger charge is -2.18. The monoisotopic (exact) mass is 562 g/mol. The predicted molar refractivity (Wildman–Crippen MR) is 165 cm³/mol. The number of rotatable bonds is 13. The first kappa shape index (κ1) is 30.5. The lowest BCUT2D eigenvalue weighted by atomic mass is 9.92. The van der Waals surface area contributed by atoms with Crippen LogP contribution in [0, 0.1) is 25.2 Å². The first-order chi connectivity index (χ1) is 20.3. The van der Waals surface area contributed by atoms with Gasteiger partial charge in [-0.3, -0.25) is 9.78 Å². The van der Waals surface area contributed by atoms with Crippen LogP contribution in [0.4, 0.5) is 0 Å². The van der Waals surface area contributed by atoms with Crippen LogP contribution < -0.4 is 9.47 Å². The largest absolute Gasteiger partial charge is 0.488 e. The first-order valence-corrected chi connectivity index (χ1v) is 14.3. The van der Waals surface area contributed by atoms with Crippen molar-refractivity contribution in [3.8, 4) is 28.7 Å². The predicted octanol–water partition coefficient (Wildman–Crippen LogP) is 8.09. The number of aldehydes is 1. The number of carbonyl (C=O) groups is 1. The molecule has 6 nitrogen and oxygen atoms in total. The van der Waals surface area contributed by atoms with Gasteiger partial charge in [-0.15, -0.1) is 0 Å². The lowest BCUT2D eigenvalue weighted by Crippen LogP contribution is -2.05. The Bertz CT molecular complexity index is 1590. The Morgan fingerprint density at radius 3 is 2.14 bits per heavy atom. The highest BCUT2D eigenvalue weighted by molar-refractivity contribution is 5.80. The van der Waals surface area contributed by atoms with E-state index >= 15 is 0 Å². The van der Waals surface area contributed by atoms with Crippen molar-refractivity contribution in [2.24, 2.45) is 0 Å². The Morgan fingerprint density at radius 2 is 1.52 bits per heavy atom. The molecular weight excluding hydrogens is 524 g/mol. The van der Waals surface area contributed by atoms with E-state index in [9.17, 15) is 4.79 Å². The fourth-order valence-electron chi connectivity index (χ4n) is 4.91. The third-order valence-corrected chi connectivity index (χ3v) is 7.30. The number of nitriles is 1. The SMILES string of the molecule is CCCc1cc(C=O)c(OCc2cncc(C#N)c2)cc1OCc1cccc(-c2cccc(COC(C)C)c2C)c1C. The van der Waals surface area contributed by atoms with Crippen molar-refractivity contribution in [3.05, 3.63) is 111 Å². The zero-order valence-electron chi connectivity index (χ0n) is 25.1. The number of aromatic nitrogens is 1. The minimum atomic E-state index is 0.172. The Hall–Kier alpha value is -4.47. The molecule has 0 aliphatic carbocycles. The van der Waals surface area contributed by atoms with E-state index in [1.54, 1.807) is 18.3 Å².